The van der Waals surface area contributed by atoms with Gasteiger partial charge in [0.15, 0.2) is 5.75 Å². The standard InChI is InChI=1S/C32H25F5N2O6/c1-15-5-4-6-24-26(15)17-11-16(2)27(34)20(12-17)23(14-25(40)41)38-30(42)28(19-13-18(45-24)7-8-22(19)33)39-10-9-21(32(35,36)37)29(44-3)31(39)43/h4-13,23,28H,14H2,1-3H3,(H,38,42)(H,40,41)/t23-,28+/m0/s1. The van der Waals surface area contributed by atoms with E-state index in [1.165, 1.54) is 25.1 Å². The van der Waals surface area contributed by atoms with Crippen molar-refractivity contribution in [2.45, 2.75) is 38.5 Å². The molecular weight excluding hydrogens is 603 g/mol. The molecule has 1 aliphatic heterocycles. The van der Waals surface area contributed by atoms with Crippen LogP contribution in [0.2, 0.25) is 0 Å². The average Bonchev–Trinajstić information content (AvgIpc) is 2.96. The lowest BCUT2D eigenvalue weighted by Crippen LogP contribution is -2.41. The zero-order valence-electron chi connectivity index (χ0n) is 24.0. The normalized spacial score (nSPS) is 16.3. The van der Waals surface area contributed by atoms with Crippen LogP contribution in [0.4, 0.5) is 22.0 Å². The Hall–Kier alpha value is -5.20. The van der Waals surface area contributed by atoms with E-state index in [2.05, 4.69) is 5.32 Å². The molecule has 1 amide bonds. The average molecular weight is 629 g/mol. The van der Waals surface area contributed by atoms with Crippen LogP contribution in [-0.4, -0.2) is 28.7 Å². The van der Waals surface area contributed by atoms with Gasteiger partial charge >= 0.3 is 12.1 Å². The molecule has 4 aromatic rings. The molecule has 234 valence electrons. The van der Waals surface area contributed by atoms with E-state index < -0.39 is 70.6 Å². The topological polar surface area (TPSA) is 107 Å². The molecule has 2 atom stereocenters. The number of halogens is 5. The van der Waals surface area contributed by atoms with Crippen LogP contribution in [0.1, 0.15) is 46.3 Å². The van der Waals surface area contributed by atoms with Crippen LogP contribution >= 0.6 is 0 Å². The second kappa shape index (κ2) is 11.7. The first kappa shape index (κ1) is 31.2. The number of hydrogen-bond acceptors (Lipinski definition) is 5. The second-order valence-corrected chi connectivity index (χ2v) is 10.5. The molecule has 0 aliphatic carbocycles. The lowest BCUT2D eigenvalue weighted by Gasteiger charge is -2.26. The number of nitrogens with one attached hydrogen (secondary N) is 1. The molecule has 8 nitrogen and oxygen atoms in total. The number of carboxylic acids is 1. The van der Waals surface area contributed by atoms with Crippen molar-refractivity contribution in [2.24, 2.45) is 0 Å². The van der Waals surface area contributed by atoms with Gasteiger partial charge in [0.05, 0.1) is 19.6 Å². The summed E-state index contributed by atoms with van der Waals surface area (Å²) in [6, 6.07) is 8.18. The van der Waals surface area contributed by atoms with Gasteiger partial charge in [-0.3, -0.25) is 19.0 Å². The first-order valence-corrected chi connectivity index (χ1v) is 13.5. The van der Waals surface area contributed by atoms with Gasteiger partial charge in [-0.15, -0.1) is 0 Å². The lowest BCUT2D eigenvalue weighted by molar-refractivity contribution is -0.139. The highest BCUT2D eigenvalue weighted by atomic mass is 19.4. The maximum atomic E-state index is 15.7. The molecule has 1 aliphatic rings. The van der Waals surface area contributed by atoms with Gasteiger partial charge in [0.1, 0.15) is 34.7 Å². The first-order chi connectivity index (χ1) is 21.2. The molecule has 2 heterocycles. The molecule has 4 bridgehead atoms. The number of nitrogens with zero attached hydrogens (tertiary/aromatic N) is 1. The van der Waals surface area contributed by atoms with E-state index in [0.29, 0.717) is 33.5 Å². The molecule has 0 radical (unpaired) electrons. The number of carbonyl (C=O) groups excluding carboxylic acids is 1. The molecular formula is C32H25F5N2O6. The van der Waals surface area contributed by atoms with Crippen molar-refractivity contribution in [2.75, 3.05) is 7.11 Å². The summed E-state index contributed by atoms with van der Waals surface area (Å²) < 4.78 is 83.7. The van der Waals surface area contributed by atoms with Crippen molar-refractivity contribution in [3.63, 3.8) is 0 Å². The Bertz CT molecular complexity index is 1900. The third-order valence-corrected chi connectivity index (χ3v) is 7.48. The van der Waals surface area contributed by atoms with E-state index in [1.807, 2.05) is 0 Å². The number of aryl methyl sites for hydroxylation is 2. The number of methoxy groups -OCH3 is 1. The van der Waals surface area contributed by atoms with E-state index >= 15 is 8.78 Å². The number of pyridine rings is 1. The van der Waals surface area contributed by atoms with Gasteiger partial charge in [0.2, 0.25) is 5.91 Å². The Morgan fingerprint density at radius 3 is 2.42 bits per heavy atom. The molecule has 45 heavy (non-hydrogen) atoms. The number of fused-ring (bicyclic) bond motifs is 6. The van der Waals surface area contributed by atoms with Gasteiger partial charge in [-0.25, -0.2) is 8.78 Å². The number of aromatic nitrogens is 1. The van der Waals surface area contributed by atoms with E-state index in [9.17, 15) is 32.7 Å². The molecule has 13 heteroatoms. The molecule has 0 spiro atoms. The van der Waals surface area contributed by atoms with Gasteiger partial charge in [-0.2, -0.15) is 13.2 Å². The van der Waals surface area contributed by atoms with E-state index in [0.717, 1.165) is 19.2 Å². The highest BCUT2D eigenvalue weighted by Gasteiger charge is 2.38. The maximum Gasteiger partial charge on any atom is 0.420 e. The highest BCUT2D eigenvalue weighted by Crippen LogP contribution is 2.41. The number of alkyl halides is 3. The summed E-state index contributed by atoms with van der Waals surface area (Å²) in [6.45, 7) is 3.22. The van der Waals surface area contributed by atoms with Crippen LogP contribution in [0.25, 0.3) is 11.1 Å². The van der Waals surface area contributed by atoms with Crippen molar-refractivity contribution >= 4 is 11.9 Å². The number of aliphatic carboxylic acids is 1. The van der Waals surface area contributed by atoms with Crippen molar-refractivity contribution in [1.82, 2.24) is 9.88 Å². The minimum Gasteiger partial charge on any atom is -0.491 e. The van der Waals surface area contributed by atoms with Crippen LogP contribution in [0.15, 0.2) is 65.6 Å². The lowest BCUT2D eigenvalue weighted by atomic mass is 9.92. The second-order valence-electron chi connectivity index (χ2n) is 10.5. The third-order valence-electron chi connectivity index (χ3n) is 7.48. The van der Waals surface area contributed by atoms with E-state index in [-0.39, 0.29) is 22.6 Å². The fourth-order valence-corrected chi connectivity index (χ4v) is 5.45. The van der Waals surface area contributed by atoms with Crippen molar-refractivity contribution in [3.05, 3.63) is 111 Å². The zero-order valence-corrected chi connectivity index (χ0v) is 24.0. The minimum atomic E-state index is -5.01. The smallest absolute Gasteiger partial charge is 0.420 e. The van der Waals surface area contributed by atoms with Gasteiger partial charge in [0.25, 0.3) is 5.56 Å². The summed E-state index contributed by atoms with van der Waals surface area (Å²) in [5.74, 6) is -5.40. The quantitative estimate of drug-likeness (QED) is 0.251. The Balaban J connectivity index is 1.84. The number of ether oxygens (including phenoxy) is 2. The van der Waals surface area contributed by atoms with Crippen LogP contribution in [0, 0.1) is 25.5 Å². The van der Waals surface area contributed by atoms with Crippen molar-refractivity contribution in [3.8, 4) is 28.4 Å². The van der Waals surface area contributed by atoms with E-state index in [4.69, 9.17) is 9.47 Å². The van der Waals surface area contributed by atoms with Gasteiger partial charge in [-0.05, 0) is 73.0 Å². The summed E-state index contributed by atoms with van der Waals surface area (Å²) in [5.41, 5.74) is -1.83. The fourth-order valence-electron chi connectivity index (χ4n) is 5.45. The minimum absolute atomic E-state index is 0.00312. The number of benzene rings is 3. The highest BCUT2D eigenvalue weighted by molar-refractivity contribution is 5.85. The monoisotopic (exact) mass is 628 g/mol. The third kappa shape index (κ3) is 5.85. The Morgan fingerprint density at radius 2 is 1.76 bits per heavy atom. The fraction of sp³-hybridized carbons (Fsp3) is 0.219. The number of carbonyl (C=O) groups is 2. The molecule has 3 aromatic carbocycles. The molecule has 0 saturated carbocycles. The summed E-state index contributed by atoms with van der Waals surface area (Å²) in [5, 5.41) is 12.1. The predicted molar refractivity (Wildman–Crippen MR) is 151 cm³/mol. The maximum absolute atomic E-state index is 15.7. The van der Waals surface area contributed by atoms with Crippen molar-refractivity contribution < 1.29 is 46.1 Å². The summed E-state index contributed by atoms with van der Waals surface area (Å²) in [7, 11) is 0.830. The number of carboxylic acid groups (broad SMARTS) is 1. The predicted octanol–water partition coefficient (Wildman–Crippen LogP) is 6.47. The summed E-state index contributed by atoms with van der Waals surface area (Å²) in [6.07, 6.45) is -5.18. The van der Waals surface area contributed by atoms with Crippen LogP contribution in [0.5, 0.6) is 17.2 Å². The molecule has 0 fully saturated rings. The van der Waals surface area contributed by atoms with Crippen LogP contribution in [-0.2, 0) is 15.8 Å². The first-order valence-electron chi connectivity index (χ1n) is 13.5. The number of amides is 1. The Kier molecular flexibility index (Phi) is 8.13. The number of hydrogen-bond donors (Lipinski definition) is 2. The molecule has 1 aromatic heterocycles. The van der Waals surface area contributed by atoms with Gasteiger partial charge < -0.3 is 19.9 Å². The van der Waals surface area contributed by atoms with Crippen LogP contribution in [0.3, 0.4) is 0 Å². The van der Waals surface area contributed by atoms with E-state index in [1.54, 1.807) is 25.1 Å². The molecule has 0 unspecified atom stereocenters. The summed E-state index contributed by atoms with van der Waals surface area (Å²) in [4.78, 5) is 39.3. The molecule has 5 rings (SSSR count). The van der Waals surface area contributed by atoms with Crippen LogP contribution < -0.4 is 20.3 Å². The molecule has 2 N–H and O–H groups in total. The summed E-state index contributed by atoms with van der Waals surface area (Å²) >= 11 is 0. The molecule has 0 saturated heterocycles. The van der Waals surface area contributed by atoms with Gasteiger partial charge in [0, 0.05) is 22.9 Å². The SMILES string of the molecule is COc1c(C(F)(F)F)ccn([C@H]2C(=O)N[C@@H](CC(=O)O)c3cc(cc(C)c3F)-c3c(C)cccc3Oc3ccc(F)c2c3)c1=O. The Labute approximate surface area is 252 Å². The number of rotatable bonds is 4. The zero-order chi connectivity index (χ0) is 32.8. The van der Waals surface area contributed by atoms with Gasteiger partial charge in [-0.1, -0.05) is 12.1 Å². The Morgan fingerprint density at radius 1 is 1.02 bits per heavy atom. The largest absolute Gasteiger partial charge is 0.491 e. The van der Waals surface area contributed by atoms with Crippen molar-refractivity contribution in [1.29, 1.82) is 0 Å².